The Hall–Kier alpha value is -5.17. The Balaban J connectivity index is 0.983. The number of hydrogen-bond acceptors (Lipinski definition) is 8. The molecular formula is C42H51N7O6. The van der Waals surface area contributed by atoms with E-state index < -0.39 is 17.7 Å². The molecule has 0 radical (unpaired) electrons. The third-order valence-electron chi connectivity index (χ3n) is 11.4. The zero-order valence-corrected chi connectivity index (χ0v) is 32.2. The number of aromatic amines is 2. The summed E-state index contributed by atoms with van der Waals surface area (Å²) in [6, 6.07) is 15.7. The molecule has 0 unspecified atom stereocenters. The van der Waals surface area contributed by atoms with Crippen molar-refractivity contribution in [2.45, 2.75) is 102 Å². The molecular weight excluding hydrogens is 699 g/mol. The van der Waals surface area contributed by atoms with Crippen LogP contribution >= 0.6 is 0 Å². The average Bonchev–Trinajstić information content (AvgIpc) is 3.66. The molecule has 5 heterocycles. The SMILES string of the molecule is COC(=O)N[C@H]1CCCCOCc2[nH]c(nc2-c2ccc(-c3ccc(-c4c[nH]c([C@@H]5CC6(CC6)CN5C(=O)OC(C)(C)C)n4)cc3)cc2)[C@@H]2CCCN2C1=O. The maximum absolute atomic E-state index is 13.7. The molecule has 1 spiro atoms. The maximum atomic E-state index is 13.7. The Morgan fingerprint density at radius 1 is 0.909 bits per heavy atom. The van der Waals surface area contributed by atoms with Gasteiger partial charge in [-0.1, -0.05) is 48.5 Å². The fraction of sp³-hybridized carbons (Fsp3) is 0.500. The first-order valence-corrected chi connectivity index (χ1v) is 19.6. The van der Waals surface area contributed by atoms with Crippen molar-refractivity contribution in [2.75, 3.05) is 26.8 Å². The highest BCUT2D eigenvalue weighted by Gasteiger charge is 2.55. The van der Waals surface area contributed by atoms with Gasteiger partial charge in [-0.25, -0.2) is 19.6 Å². The summed E-state index contributed by atoms with van der Waals surface area (Å²) in [6.45, 7) is 7.92. The van der Waals surface area contributed by atoms with Gasteiger partial charge in [0, 0.05) is 37.0 Å². The number of ether oxygens (including phenoxy) is 3. The summed E-state index contributed by atoms with van der Waals surface area (Å²) in [5.74, 6) is 1.42. The molecule has 55 heavy (non-hydrogen) atoms. The number of alkyl carbamates (subject to hydrolysis) is 1. The number of aromatic nitrogens is 4. The number of nitrogens with one attached hydrogen (secondary N) is 3. The van der Waals surface area contributed by atoms with Gasteiger partial charge in [-0.05, 0) is 88.7 Å². The van der Waals surface area contributed by atoms with Gasteiger partial charge in [0.2, 0.25) is 5.91 Å². The number of hydrogen-bond donors (Lipinski definition) is 3. The highest BCUT2D eigenvalue weighted by molar-refractivity contribution is 5.86. The van der Waals surface area contributed by atoms with Crippen LogP contribution in [0.3, 0.4) is 0 Å². The van der Waals surface area contributed by atoms with Gasteiger partial charge >= 0.3 is 12.2 Å². The van der Waals surface area contributed by atoms with Crippen LogP contribution in [0.5, 0.6) is 0 Å². The molecule has 290 valence electrons. The molecule has 1 aliphatic carbocycles. The second-order valence-electron chi connectivity index (χ2n) is 16.5. The first-order valence-electron chi connectivity index (χ1n) is 19.6. The zero-order valence-electron chi connectivity index (χ0n) is 32.2. The number of rotatable bonds is 5. The largest absolute Gasteiger partial charge is 0.453 e. The van der Waals surface area contributed by atoms with E-state index in [1.165, 1.54) is 7.11 Å². The lowest BCUT2D eigenvalue weighted by Crippen LogP contribution is -2.48. The van der Waals surface area contributed by atoms with Crippen LogP contribution in [-0.2, 0) is 25.6 Å². The van der Waals surface area contributed by atoms with E-state index >= 15 is 0 Å². The van der Waals surface area contributed by atoms with Crippen molar-refractivity contribution in [3.63, 3.8) is 0 Å². The normalized spacial score (nSPS) is 22.4. The van der Waals surface area contributed by atoms with Crippen molar-refractivity contribution in [1.29, 1.82) is 0 Å². The number of fused-ring (bicyclic) bond motifs is 4. The minimum atomic E-state index is -0.662. The van der Waals surface area contributed by atoms with Crippen molar-refractivity contribution in [3.05, 3.63) is 72.1 Å². The molecule has 13 heteroatoms. The predicted molar refractivity (Wildman–Crippen MR) is 206 cm³/mol. The zero-order chi connectivity index (χ0) is 38.3. The minimum absolute atomic E-state index is 0.110. The molecule has 3 amide bonds. The predicted octanol–water partition coefficient (Wildman–Crippen LogP) is 7.68. The molecule has 1 saturated carbocycles. The van der Waals surface area contributed by atoms with Crippen molar-refractivity contribution >= 4 is 18.1 Å². The number of carbonyl (C=O) groups is 3. The Bertz CT molecular complexity index is 2030. The Morgan fingerprint density at radius 2 is 1.62 bits per heavy atom. The van der Waals surface area contributed by atoms with Crippen LogP contribution in [0, 0.1) is 5.41 Å². The van der Waals surface area contributed by atoms with Gasteiger partial charge in [0.05, 0.1) is 42.9 Å². The molecule has 3 fully saturated rings. The van der Waals surface area contributed by atoms with Crippen molar-refractivity contribution in [3.8, 4) is 33.6 Å². The van der Waals surface area contributed by atoms with Gasteiger partial charge in [-0.3, -0.25) is 9.69 Å². The number of methoxy groups -OCH3 is 1. The monoisotopic (exact) mass is 749 g/mol. The Labute approximate surface area is 321 Å². The summed E-state index contributed by atoms with van der Waals surface area (Å²) in [5.41, 5.74) is 6.26. The van der Waals surface area contributed by atoms with E-state index in [2.05, 4.69) is 63.8 Å². The summed E-state index contributed by atoms with van der Waals surface area (Å²) in [5, 5.41) is 2.75. The number of imidazole rings is 2. The molecule has 2 saturated heterocycles. The summed E-state index contributed by atoms with van der Waals surface area (Å²) in [4.78, 5) is 59.6. The van der Waals surface area contributed by atoms with Crippen LogP contribution < -0.4 is 5.32 Å². The molecule has 2 aromatic carbocycles. The lowest BCUT2D eigenvalue weighted by Gasteiger charge is -2.28. The average molecular weight is 750 g/mol. The van der Waals surface area contributed by atoms with E-state index in [0.29, 0.717) is 32.7 Å². The number of nitrogens with zero attached hydrogens (tertiary/aromatic N) is 4. The van der Waals surface area contributed by atoms with Crippen LogP contribution in [0.25, 0.3) is 33.6 Å². The third kappa shape index (κ3) is 7.85. The van der Waals surface area contributed by atoms with Gasteiger partial charge < -0.3 is 34.4 Å². The van der Waals surface area contributed by atoms with Crippen molar-refractivity contribution in [2.24, 2.45) is 5.41 Å². The molecule has 8 rings (SSSR count). The van der Waals surface area contributed by atoms with Gasteiger partial charge in [-0.15, -0.1) is 0 Å². The molecule has 13 nitrogen and oxygen atoms in total. The lowest BCUT2D eigenvalue weighted by molar-refractivity contribution is -0.134. The second-order valence-corrected chi connectivity index (χ2v) is 16.5. The summed E-state index contributed by atoms with van der Waals surface area (Å²) >= 11 is 0. The van der Waals surface area contributed by atoms with Gasteiger partial charge in [-0.2, -0.15) is 0 Å². The summed E-state index contributed by atoms with van der Waals surface area (Å²) in [7, 11) is 1.31. The first kappa shape index (κ1) is 36.8. The number of likely N-dealkylation sites (tertiary alicyclic amines) is 1. The van der Waals surface area contributed by atoms with E-state index in [4.69, 9.17) is 24.2 Å². The number of H-pyrrole nitrogens is 2. The third-order valence-corrected chi connectivity index (χ3v) is 11.4. The Morgan fingerprint density at radius 3 is 2.31 bits per heavy atom. The van der Waals surface area contributed by atoms with Gasteiger partial charge in [0.15, 0.2) is 0 Å². The number of benzene rings is 2. The molecule has 3 N–H and O–H groups in total. The number of amides is 3. The second kappa shape index (κ2) is 14.8. The number of carbonyl (C=O) groups excluding carboxylic acids is 3. The van der Waals surface area contributed by atoms with Crippen LogP contribution in [0.2, 0.25) is 0 Å². The van der Waals surface area contributed by atoms with Crippen molar-refractivity contribution in [1.82, 2.24) is 35.1 Å². The van der Waals surface area contributed by atoms with E-state index in [-0.39, 0.29) is 29.5 Å². The van der Waals surface area contributed by atoms with E-state index in [9.17, 15) is 14.4 Å². The smallest absolute Gasteiger partial charge is 0.410 e. The van der Waals surface area contributed by atoms with Crippen LogP contribution in [0.15, 0.2) is 54.7 Å². The highest BCUT2D eigenvalue weighted by atomic mass is 16.6. The first-order chi connectivity index (χ1) is 26.5. The molecule has 4 aromatic rings. The molecule has 3 aliphatic heterocycles. The van der Waals surface area contributed by atoms with E-state index in [0.717, 1.165) is 95.9 Å². The van der Waals surface area contributed by atoms with E-state index in [1.54, 1.807) is 0 Å². The molecule has 4 aliphatic rings. The van der Waals surface area contributed by atoms with Gasteiger partial charge in [0.25, 0.3) is 0 Å². The molecule has 2 bridgehead atoms. The van der Waals surface area contributed by atoms with Gasteiger partial charge in [0.1, 0.15) is 23.3 Å². The Kier molecular flexibility index (Phi) is 9.91. The van der Waals surface area contributed by atoms with Crippen LogP contribution in [-0.4, -0.2) is 86.3 Å². The topological polar surface area (TPSA) is 155 Å². The highest BCUT2D eigenvalue weighted by Crippen LogP contribution is 2.58. The fourth-order valence-corrected chi connectivity index (χ4v) is 8.29. The standard InChI is InChI=1S/C42H51N7O6/c1-41(2,3)55-40(52)49-25-42(18-19-42)22-34(49)36-43-23-31(44-36)28-14-10-26(11-15-28)27-12-16-29(17-13-27)35-32-24-54-21-6-5-8-30(46-39(51)53-4)38(50)48-20-7-9-33(48)37(45-32)47-35/h10-17,23,30,33-34H,5-9,18-22,24-25H2,1-4H3,(H,43,44)(H,45,47)(H,46,51)/t30-,33-,34-/m0/s1. The van der Waals surface area contributed by atoms with Crippen molar-refractivity contribution < 1.29 is 28.6 Å². The van der Waals surface area contributed by atoms with Crippen LogP contribution in [0.4, 0.5) is 9.59 Å². The minimum Gasteiger partial charge on any atom is -0.453 e. The van der Waals surface area contributed by atoms with Crippen LogP contribution in [0.1, 0.15) is 102 Å². The lowest BCUT2D eigenvalue weighted by atomic mass is 10.0. The molecule has 3 atom stereocenters. The summed E-state index contributed by atoms with van der Waals surface area (Å²) in [6.07, 6.45) is 7.86. The quantitative estimate of drug-likeness (QED) is 0.188. The summed E-state index contributed by atoms with van der Waals surface area (Å²) < 4.78 is 16.7. The van der Waals surface area contributed by atoms with E-state index in [1.807, 2.05) is 36.8 Å². The fourth-order valence-electron chi connectivity index (χ4n) is 8.29. The molecule has 2 aromatic heterocycles. The maximum Gasteiger partial charge on any atom is 0.410 e.